The average Bonchev–Trinajstić information content (AvgIpc) is 2.83. The third-order valence-corrected chi connectivity index (χ3v) is 5.33. The van der Waals surface area contributed by atoms with Crippen LogP contribution in [0, 0.1) is 10.1 Å². The molecule has 1 fully saturated rings. The molecule has 166 valence electrons. The Morgan fingerprint density at radius 3 is 2.66 bits per heavy atom. The van der Waals surface area contributed by atoms with E-state index in [0.717, 1.165) is 68.3 Å². The molecule has 2 aromatic carbocycles. The number of nitrogens with zero attached hydrogens (tertiary/aromatic N) is 4. The van der Waals surface area contributed by atoms with Crippen LogP contribution in [0.1, 0.15) is 6.42 Å². The lowest BCUT2D eigenvalue weighted by Crippen LogP contribution is -2.44. The van der Waals surface area contributed by atoms with Gasteiger partial charge in [-0.2, -0.15) is 4.98 Å². The van der Waals surface area contributed by atoms with Gasteiger partial charge in [-0.05, 0) is 42.3 Å². The first kappa shape index (κ1) is 21.7. The largest absolute Gasteiger partial charge is 0.370 e. The normalized spacial score (nSPS) is 14.1. The van der Waals surface area contributed by atoms with Crippen LogP contribution >= 0.6 is 0 Å². The minimum Gasteiger partial charge on any atom is -0.370 e. The highest BCUT2D eigenvalue weighted by Gasteiger charge is 2.09. The van der Waals surface area contributed by atoms with Gasteiger partial charge in [-0.25, -0.2) is 4.98 Å². The smallest absolute Gasteiger partial charge is 0.270 e. The van der Waals surface area contributed by atoms with Crippen LogP contribution in [0.3, 0.4) is 0 Å². The van der Waals surface area contributed by atoms with Crippen LogP contribution in [-0.2, 0) is 0 Å². The number of rotatable bonds is 9. The van der Waals surface area contributed by atoms with Gasteiger partial charge in [0.2, 0.25) is 5.95 Å². The molecule has 0 amide bonds. The van der Waals surface area contributed by atoms with Gasteiger partial charge in [-0.1, -0.05) is 24.3 Å². The van der Waals surface area contributed by atoms with Crippen molar-refractivity contribution in [2.45, 2.75) is 6.42 Å². The Labute approximate surface area is 187 Å². The predicted octanol–water partition coefficient (Wildman–Crippen LogP) is 3.50. The maximum absolute atomic E-state index is 11.1. The first-order valence-electron chi connectivity index (χ1n) is 10.8. The monoisotopic (exact) mass is 433 g/mol. The van der Waals surface area contributed by atoms with Crippen LogP contribution in [0.5, 0.6) is 0 Å². The molecule has 0 aliphatic carbocycles. The molecule has 3 N–H and O–H groups in total. The van der Waals surface area contributed by atoms with Gasteiger partial charge in [0.15, 0.2) is 0 Å². The van der Waals surface area contributed by atoms with Crippen LogP contribution in [0.2, 0.25) is 0 Å². The van der Waals surface area contributed by atoms with E-state index in [0.29, 0.717) is 5.95 Å². The van der Waals surface area contributed by atoms with E-state index in [-0.39, 0.29) is 10.6 Å². The third kappa shape index (κ3) is 5.99. The SMILES string of the molecule is O=[N+]([O-])c1cccc(-c2cccc(Nc3nccc(NCCCN4CCNCC4)n3)c2)c1. The minimum absolute atomic E-state index is 0.0694. The Morgan fingerprint density at radius 1 is 1.06 bits per heavy atom. The molecule has 0 saturated carbocycles. The van der Waals surface area contributed by atoms with Crippen molar-refractivity contribution >= 4 is 23.1 Å². The van der Waals surface area contributed by atoms with Gasteiger partial charge in [0, 0.05) is 56.7 Å². The van der Waals surface area contributed by atoms with Gasteiger partial charge < -0.3 is 20.9 Å². The summed E-state index contributed by atoms with van der Waals surface area (Å²) >= 11 is 0. The van der Waals surface area contributed by atoms with Crippen molar-refractivity contribution in [3.05, 3.63) is 70.9 Å². The molecule has 1 aromatic heterocycles. The molecule has 1 aliphatic heterocycles. The Balaban J connectivity index is 1.35. The first-order chi connectivity index (χ1) is 15.7. The van der Waals surface area contributed by atoms with E-state index in [2.05, 4.69) is 30.8 Å². The number of nitrogens with one attached hydrogen (secondary N) is 3. The van der Waals surface area contributed by atoms with Gasteiger partial charge in [-0.3, -0.25) is 10.1 Å². The number of piperazine rings is 1. The highest BCUT2D eigenvalue weighted by Crippen LogP contribution is 2.27. The zero-order chi connectivity index (χ0) is 22.2. The summed E-state index contributed by atoms with van der Waals surface area (Å²) in [5.74, 6) is 1.27. The highest BCUT2D eigenvalue weighted by molar-refractivity contribution is 5.71. The van der Waals surface area contributed by atoms with Gasteiger partial charge >= 0.3 is 0 Å². The third-order valence-electron chi connectivity index (χ3n) is 5.33. The number of aromatic nitrogens is 2. The van der Waals surface area contributed by atoms with Crippen molar-refractivity contribution in [2.24, 2.45) is 0 Å². The van der Waals surface area contributed by atoms with E-state index in [9.17, 15) is 10.1 Å². The maximum Gasteiger partial charge on any atom is 0.270 e. The summed E-state index contributed by atoms with van der Waals surface area (Å²) in [5.41, 5.74) is 2.54. The van der Waals surface area contributed by atoms with Gasteiger partial charge in [0.25, 0.3) is 5.69 Å². The maximum atomic E-state index is 11.1. The molecule has 0 radical (unpaired) electrons. The molecular formula is C23H27N7O2. The second-order valence-electron chi connectivity index (χ2n) is 7.65. The van der Waals surface area contributed by atoms with Crippen molar-refractivity contribution in [1.29, 1.82) is 0 Å². The lowest BCUT2D eigenvalue weighted by Gasteiger charge is -2.27. The molecule has 0 atom stereocenters. The number of nitro groups is 1. The number of hydrogen-bond acceptors (Lipinski definition) is 8. The number of anilines is 3. The van der Waals surface area contributed by atoms with Crippen LogP contribution in [0.25, 0.3) is 11.1 Å². The van der Waals surface area contributed by atoms with Crippen molar-refractivity contribution < 1.29 is 4.92 Å². The van der Waals surface area contributed by atoms with Crippen LogP contribution in [0.15, 0.2) is 60.8 Å². The topological polar surface area (TPSA) is 108 Å². The molecule has 1 saturated heterocycles. The molecule has 0 unspecified atom stereocenters. The van der Waals surface area contributed by atoms with Crippen LogP contribution < -0.4 is 16.0 Å². The number of benzene rings is 2. The van der Waals surface area contributed by atoms with Crippen LogP contribution in [0.4, 0.5) is 23.1 Å². The number of hydrogen-bond donors (Lipinski definition) is 3. The number of nitro benzene ring substituents is 1. The lowest BCUT2D eigenvalue weighted by molar-refractivity contribution is -0.384. The fraction of sp³-hybridized carbons (Fsp3) is 0.304. The average molecular weight is 434 g/mol. The summed E-state index contributed by atoms with van der Waals surface area (Å²) in [6.45, 7) is 6.28. The molecular weight excluding hydrogens is 406 g/mol. The predicted molar refractivity (Wildman–Crippen MR) is 126 cm³/mol. The van der Waals surface area contributed by atoms with Crippen molar-refractivity contribution in [1.82, 2.24) is 20.2 Å². The van der Waals surface area contributed by atoms with E-state index in [1.54, 1.807) is 18.3 Å². The molecule has 3 aromatic rings. The Hall–Kier alpha value is -3.56. The van der Waals surface area contributed by atoms with Crippen LogP contribution in [-0.4, -0.2) is 59.1 Å². The fourth-order valence-electron chi connectivity index (χ4n) is 3.68. The summed E-state index contributed by atoms with van der Waals surface area (Å²) < 4.78 is 0. The van der Waals surface area contributed by atoms with E-state index in [4.69, 9.17) is 0 Å². The molecule has 4 rings (SSSR count). The van der Waals surface area contributed by atoms with E-state index < -0.39 is 0 Å². The summed E-state index contributed by atoms with van der Waals surface area (Å²) in [7, 11) is 0. The van der Waals surface area contributed by atoms with Gasteiger partial charge in [0.05, 0.1) is 4.92 Å². The zero-order valence-electron chi connectivity index (χ0n) is 17.8. The fourth-order valence-corrected chi connectivity index (χ4v) is 3.68. The van der Waals surface area contributed by atoms with Gasteiger partial charge in [0.1, 0.15) is 5.82 Å². The summed E-state index contributed by atoms with van der Waals surface area (Å²) in [6, 6.07) is 16.1. The Bertz CT molecular complexity index is 1050. The van der Waals surface area contributed by atoms with Crippen molar-refractivity contribution in [2.75, 3.05) is 49.9 Å². The molecule has 0 spiro atoms. The molecule has 9 heteroatoms. The van der Waals surface area contributed by atoms with E-state index >= 15 is 0 Å². The quantitative estimate of drug-likeness (QED) is 0.267. The zero-order valence-corrected chi connectivity index (χ0v) is 17.8. The summed E-state index contributed by atoms with van der Waals surface area (Å²) in [5, 5.41) is 21.0. The molecule has 32 heavy (non-hydrogen) atoms. The number of non-ortho nitro benzene ring substituents is 1. The minimum atomic E-state index is -0.387. The van der Waals surface area contributed by atoms with Crippen molar-refractivity contribution in [3.8, 4) is 11.1 Å². The van der Waals surface area contributed by atoms with Gasteiger partial charge in [-0.15, -0.1) is 0 Å². The highest BCUT2D eigenvalue weighted by atomic mass is 16.6. The molecule has 0 bridgehead atoms. The first-order valence-corrected chi connectivity index (χ1v) is 10.8. The van der Waals surface area contributed by atoms with E-state index in [1.165, 1.54) is 6.07 Å². The van der Waals surface area contributed by atoms with Crippen molar-refractivity contribution in [3.63, 3.8) is 0 Å². The molecule has 2 heterocycles. The molecule has 1 aliphatic rings. The summed E-state index contributed by atoms with van der Waals surface area (Å²) in [6.07, 6.45) is 2.77. The second kappa shape index (κ2) is 10.7. The summed E-state index contributed by atoms with van der Waals surface area (Å²) in [4.78, 5) is 22.0. The lowest BCUT2D eigenvalue weighted by atomic mass is 10.0. The Kier molecular flexibility index (Phi) is 7.21. The standard InChI is InChI=1S/C23H27N7O2/c31-30(32)21-7-2-5-19(17-21)18-4-1-6-20(16-18)27-23-26-10-8-22(28-23)25-9-3-13-29-14-11-24-12-15-29/h1-2,4-8,10,16-17,24H,3,9,11-15H2,(H2,25,26,27,28). The Morgan fingerprint density at radius 2 is 1.84 bits per heavy atom. The second-order valence-corrected chi connectivity index (χ2v) is 7.65. The molecule has 9 nitrogen and oxygen atoms in total. The van der Waals surface area contributed by atoms with E-state index in [1.807, 2.05) is 36.4 Å².